The van der Waals surface area contributed by atoms with Crippen LogP contribution in [-0.2, 0) is 22.0 Å². The van der Waals surface area contributed by atoms with Crippen molar-refractivity contribution >= 4 is 15.7 Å². The lowest BCUT2D eigenvalue weighted by molar-refractivity contribution is -0.385. The van der Waals surface area contributed by atoms with Gasteiger partial charge in [0.2, 0.25) is 10.0 Å². The van der Waals surface area contributed by atoms with Crippen LogP contribution in [0.25, 0.3) is 0 Å². The number of hydrogen-bond acceptors (Lipinski definition) is 4. The van der Waals surface area contributed by atoms with Gasteiger partial charge in [0.05, 0.1) is 16.2 Å². The monoisotopic (exact) mass is 284 g/mol. The average molecular weight is 284 g/mol. The van der Waals surface area contributed by atoms with Crippen molar-refractivity contribution in [2.24, 2.45) is 5.14 Å². The lowest BCUT2D eigenvalue weighted by Gasteiger charge is -2.08. The predicted molar refractivity (Wildman–Crippen MR) is 54.9 cm³/mol. The topological polar surface area (TPSA) is 103 Å². The summed E-state index contributed by atoms with van der Waals surface area (Å²) in [5, 5.41) is 15.1. The molecule has 0 saturated heterocycles. The summed E-state index contributed by atoms with van der Waals surface area (Å²) < 4.78 is 58.9. The molecule has 0 aliphatic rings. The fourth-order valence-corrected chi connectivity index (χ4v) is 1.89. The Bertz CT molecular complexity index is 582. The van der Waals surface area contributed by atoms with Crippen molar-refractivity contribution in [2.75, 3.05) is 0 Å². The van der Waals surface area contributed by atoms with Crippen molar-refractivity contribution in [1.82, 2.24) is 0 Å². The van der Waals surface area contributed by atoms with E-state index in [2.05, 4.69) is 5.14 Å². The Hall–Kier alpha value is -1.68. The molecule has 10 heteroatoms. The van der Waals surface area contributed by atoms with Crippen LogP contribution in [-0.4, -0.2) is 13.3 Å². The van der Waals surface area contributed by atoms with Gasteiger partial charge < -0.3 is 0 Å². The van der Waals surface area contributed by atoms with Gasteiger partial charge >= 0.3 is 6.18 Å². The van der Waals surface area contributed by atoms with E-state index in [0.29, 0.717) is 12.1 Å². The molecule has 0 spiro atoms. The zero-order valence-corrected chi connectivity index (χ0v) is 9.46. The minimum Gasteiger partial charge on any atom is -0.258 e. The predicted octanol–water partition coefficient (Wildman–Crippen LogP) is 1.40. The van der Waals surface area contributed by atoms with Crippen molar-refractivity contribution in [1.29, 1.82) is 0 Å². The summed E-state index contributed by atoms with van der Waals surface area (Å²) in [5.41, 5.74) is -2.53. The summed E-state index contributed by atoms with van der Waals surface area (Å²) in [6.45, 7) is 0. The zero-order valence-electron chi connectivity index (χ0n) is 8.64. The molecule has 1 aromatic rings. The number of nitrogens with two attached hydrogens (primary N) is 1. The third-order valence-corrected chi connectivity index (χ3v) is 2.62. The maximum atomic E-state index is 12.4. The van der Waals surface area contributed by atoms with Gasteiger partial charge in [-0.15, -0.1) is 0 Å². The van der Waals surface area contributed by atoms with Gasteiger partial charge in [0, 0.05) is 12.1 Å². The highest BCUT2D eigenvalue weighted by atomic mass is 32.2. The van der Waals surface area contributed by atoms with E-state index in [9.17, 15) is 31.7 Å². The Morgan fingerprint density at radius 2 is 1.83 bits per heavy atom. The number of hydrogen-bond donors (Lipinski definition) is 1. The third kappa shape index (κ3) is 3.96. The van der Waals surface area contributed by atoms with Crippen LogP contribution < -0.4 is 5.14 Å². The molecule has 6 nitrogen and oxygen atoms in total. The molecule has 0 unspecified atom stereocenters. The quantitative estimate of drug-likeness (QED) is 0.669. The highest BCUT2D eigenvalue weighted by molar-refractivity contribution is 7.88. The van der Waals surface area contributed by atoms with E-state index in [1.807, 2.05) is 0 Å². The first kappa shape index (κ1) is 14.4. The second-order valence-corrected chi connectivity index (χ2v) is 5.06. The standard InChI is InChI=1S/C8H7F3N2O4S/c9-8(10,11)6-1-5(4-18(12,16)17)2-7(3-6)13(14)15/h1-3H,4H2,(H2,12,16,17). The Morgan fingerprint density at radius 1 is 1.28 bits per heavy atom. The van der Waals surface area contributed by atoms with Crippen LogP contribution in [0.15, 0.2) is 18.2 Å². The third-order valence-electron chi connectivity index (χ3n) is 1.88. The number of nitrogens with zero attached hydrogens (tertiary/aromatic N) is 1. The average Bonchev–Trinajstić information content (AvgIpc) is 2.12. The largest absolute Gasteiger partial charge is 0.416 e. The number of non-ortho nitro benzene ring substituents is 1. The lowest BCUT2D eigenvalue weighted by atomic mass is 10.1. The zero-order chi connectivity index (χ0) is 14.1. The van der Waals surface area contributed by atoms with E-state index < -0.39 is 38.1 Å². The number of sulfonamides is 1. The van der Waals surface area contributed by atoms with E-state index in [1.54, 1.807) is 0 Å². The Kier molecular flexibility index (Phi) is 3.62. The number of alkyl halides is 3. The smallest absolute Gasteiger partial charge is 0.258 e. The van der Waals surface area contributed by atoms with Crippen molar-refractivity contribution < 1.29 is 26.5 Å². The first-order valence-electron chi connectivity index (χ1n) is 4.35. The number of nitro groups is 1. The van der Waals surface area contributed by atoms with E-state index in [-0.39, 0.29) is 5.56 Å². The molecule has 0 aromatic heterocycles. The van der Waals surface area contributed by atoms with Gasteiger partial charge in [0.1, 0.15) is 0 Å². The summed E-state index contributed by atoms with van der Waals surface area (Å²) in [4.78, 5) is 9.42. The fraction of sp³-hybridized carbons (Fsp3) is 0.250. The molecule has 1 aromatic carbocycles. The molecule has 0 aliphatic heterocycles. The van der Waals surface area contributed by atoms with Crippen LogP contribution in [0.4, 0.5) is 18.9 Å². The summed E-state index contributed by atoms with van der Waals surface area (Å²) in [5.74, 6) is -0.905. The van der Waals surface area contributed by atoms with Crippen LogP contribution in [0.2, 0.25) is 0 Å². The van der Waals surface area contributed by atoms with Crippen LogP contribution in [0.5, 0.6) is 0 Å². The molecule has 18 heavy (non-hydrogen) atoms. The molecule has 0 heterocycles. The normalized spacial score (nSPS) is 12.4. The van der Waals surface area contributed by atoms with E-state index in [0.717, 1.165) is 6.07 Å². The first-order valence-corrected chi connectivity index (χ1v) is 6.06. The van der Waals surface area contributed by atoms with E-state index >= 15 is 0 Å². The first-order chi connectivity index (χ1) is 7.99. The molecular weight excluding hydrogens is 277 g/mol. The molecule has 0 atom stereocenters. The number of primary sulfonamides is 1. The molecule has 0 radical (unpaired) electrons. The molecule has 0 aliphatic carbocycles. The van der Waals surface area contributed by atoms with Crippen LogP contribution in [0, 0.1) is 10.1 Å². The second-order valence-electron chi connectivity index (χ2n) is 3.45. The van der Waals surface area contributed by atoms with Gasteiger partial charge in [-0.1, -0.05) is 0 Å². The molecule has 1 rings (SSSR count). The summed E-state index contributed by atoms with van der Waals surface area (Å²) >= 11 is 0. The van der Waals surface area contributed by atoms with Gasteiger partial charge in [0.15, 0.2) is 0 Å². The Morgan fingerprint density at radius 3 is 2.22 bits per heavy atom. The van der Waals surface area contributed by atoms with Crippen molar-refractivity contribution in [3.8, 4) is 0 Å². The minimum absolute atomic E-state index is 0.326. The van der Waals surface area contributed by atoms with Gasteiger partial charge in [-0.3, -0.25) is 10.1 Å². The fourth-order valence-electron chi connectivity index (χ4n) is 1.26. The second kappa shape index (κ2) is 4.53. The lowest BCUT2D eigenvalue weighted by Crippen LogP contribution is -2.15. The highest BCUT2D eigenvalue weighted by Gasteiger charge is 2.33. The minimum atomic E-state index is -4.81. The summed E-state index contributed by atoms with van der Waals surface area (Å²) in [6.07, 6.45) is -4.81. The molecule has 100 valence electrons. The summed E-state index contributed by atoms with van der Waals surface area (Å²) in [7, 11) is -4.07. The van der Waals surface area contributed by atoms with Crippen LogP contribution in [0.1, 0.15) is 11.1 Å². The van der Waals surface area contributed by atoms with Crippen molar-refractivity contribution in [2.45, 2.75) is 11.9 Å². The van der Waals surface area contributed by atoms with Gasteiger partial charge in [-0.2, -0.15) is 13.2 Å². The molecular formula is C8H7F3N2O4S. The number of halogens is 3. The molecule has 0 amide bonds. The van der Waals surface area contributed by atoms with E-state index in [1.165, 1.54) is 0 Å². The number of rotatable bonds is 3. The summed E-state index contributed by atoms with van der Waals surface area (Å²) in [6, 6.07) is 1.57. The van der Waals surface area contributed by atoms with Crippen LogP contribution in [0.3, 0.4) is 0 Å². The number of benzene rings is 1. The van der Waals surface area contributed by atoms with Crippen molar-refractivity contribution in [3.05, 3.63) is 39.4 Å². The van der Waals surface area contributed by atoms with E-state index in [4.69, 9.17) is 0 Å². The van der Waals surface area contributed by atoms with Gasteiger partial charge in [-0.25, -0.2) is 13.6 Å². The maximum absolute atomic E-state index is 12.4. The SMILES string of the molecule is NS(=O)(=O)Cc1cc([N+](=O)[O-])cc(C(F)(F)F)c1. The van der Waals surface area contributed by atoms with Gasteiger partial charge in [-0.05, 0) is 11.6 Å². The highest BCUT2D eigenvalue weighted by Crippen LogP contribution is 2.32. The van der Waals surface area contributed by atoms with Crippen LogP contribution >= 0.6 is 0 Å². The maximum Gasteiger partial charge on any atom is 0.416 e. The molecule has 2 N–H and O–H groups in total. The molecule has 0 saturated carbocycles. The molecule has 0 fully saturated rings. The Balaban J connectivity index is 3.36. The number of nitro benzene ring substituents is 1. The van der Waals surface area contributed by atoms with Crippen molar-refractivity contribution in [3.63, 3.8) is 0 Å². The van der Waals surface area contributed by atoms with Gasteiger partial charge in [0.25, 0.3) is 5.69 Å². The Labute approximate surface area is 99.4 Å². The molecule has 0 bridgehead atoms.